The molecule has 0 unspecified atom stereocenters. The van der Waals surface area contributed by atoms with Crippen LogP contribution in [0.25, 0.3) is 0 Å². The average Bonchev–Trinajstić information content (AvgIpc) is 2.37. The van der Waals surface area contributed by atoms with Crippen molar-refractivity contribution < 1.29 is 23.1 Å². The highest BCUT2D eigenvalue weighted by atomic mass is 32.2. The van der Waals surface area contributed by atoms with Gasteiger partial charge in [0, 0.05) is 11.9 Å². The standard InChI is InChI=1S/C13H12N2O5S/c1-8-7-11(12(16)17)15-13(14-8)20-9-3-5-10(6-4-9)21(2,18)19/h3-7H,1-2H3,(H,16,17). The summed E-state index contributed by atoms with van der Waals surface area (Å²) in [5.41, 5.74) is 0.274. The van der Waals surface area contributed by atoms with E-state index < -0.39 is 15.8 Å². The minimum atomic E-state index is -3.28. The van der Waals surface area contributed by atoms with Crippen molar-refractivity contribution in [2.45, 2.75) is 11.8 Å². The molecule has 1 heterocycles. The predicted octanol–water partition coefficient (Wildman–Crippen LogP) is 1.68. The molecule has 0 aliphatic carbocycles. The number of ether oxygens (including phenoxy) is 1. The minimum Gasteiger partial charge on any atom is -0.477 e. The van der Waals surface area contributed by atoms with E-state index in [4.69, 9.17) is 9.84 Å². The van der Waals surface area contributed by atoms with Crippen LogP contribution in [-0.2, 0) is 9.84 Å². The van der Waals surface area contributed by atoms with E-state index in [0.717, 1.165) is 6.26 Å². The van der Waals surface area contributed by atoms with E-state index >= 15 is 0 Å². The topological polar surface area (TPSA) is 106 Å². The summed E-state index contributed by atoms with van der Waals surface area (Å²) >= 11 is 0. The first kappa shape index (κ1) is 14.9. The van der Waals surface area contributed by atoms with Crippen molar-refractivity contribution in [2.24, 2.45) is 0 Å². The molecule has 1 aromatic carbocycles. The Morgan fingerprint density at radius 3 is 2.33 bits per heavy atom. The van der Waals surface area contributed by atoms with E-state index in [1.54, 1.807) is 6.92 Å². The number of nitrogens with zero attached hydrogens (tertiary/aromatic N) is 2. The van der Waals surface area contributed by atoms with Crippen LogP contribution >= 0.6 is 0 Å². The van der Waals surface area contributed by atoms with Gasteiger partial charge < -0.3 is 9.84 Å². The maximum Gasteiger partial charge on any atom is 0.354 e. The molecule has 1 aromatic heterocycles. The molecule has 8 heteroatoms. The third-order valence-corrected chi connectivity index (χ3v) is 3.64. The molecule has 0 aliphatic rings. The SMILES string of the molecule is Cc1cc(C(=O)O)nc(Oc2ccc(S(C)(=O)=O)cc2)n1. The first-order valence-corrected chi connectivity index (χ1v) is 7.72. The van der Waals surface area contributed by atoms with Crippen LogP contribution in [0.1, 0.15) is 16.2 Å². The van der Waals surface area contributed by atoms with Crippen molar-refractivity contribution in [3.05, 3.63) is 41.7 Å². The molecule has 2 rings (SSSR count). The number of hydrogen-bond acceptors (Lipinski definition) is 6. The number of aromatic carboxylic acids is 1. The van der Waals surface area contributed by atoms with Crippen LogP contribution in [0.3, 0.4) is 0 Å². The Hall–Kier alpha value is -2.48. The Morgan fingerprint density at radius 2 is 1.81 bits per heavy atom. The van der Waals surface area contributed by atoms with Crippen LogP contribution in [0.15, 0.2) is 35.2 Å². The minimum absolute atomic E-state index is 0.112. The normalized spacial score (nSPS) is 11.1. The number of carboxylic acid groups (broad SMARTS) is 1. The lowest BCUT2D eigenvalue weighted by atomic mass is 10.3. The van der Waals surface area contributed by atoms with Crippen LogP contribution in [0.5, 0.6) is 11.8 Å². The lowest BCUT2D eigenvalue weighted by Gasteiger charge is -2.06. The highest BCUT2D eigenvalue weighted by Crippen LogP contribution is 2.20. The molecule has 110 valence electrons. The Bertz CT molecular complexity index is 785. The molecule has 0 radical (unpaired) electrons. The van der Waals surface area contributed by atoms with Crippen LogP contribution in [0.4, 0.5) is 0 Å². The van der Waals surface area contributed by atoms with E-state index in [2.05, 4.69) is 9.97 Å². The highest BCUT2D eigenvalue weighted by molar-refractivity contribution is 7.90. The number of aromatic nitrogens is 2. The molecule has 0 fully saturated rings. The van der Waals surface area contributed by atoms with Gasteiger partial charge in [0.2, 0.25) is 0 Å². The third-order valence-electron chi connectivity index (χ3n) is 2.51. The molecule has 0 saturated heterocycles. The van der Waals surface area contributed by atoms with Gasteiger partial charge in [0.05, 0.1) is 4.90 Å². The lowest BCUT2D eigenvalue weighted by Crippen LogP contribution is -2.04. The van der Waals surface area contributed by atoms with Gasteiger partial charge in [-0.1, -0.05) is 0 Å². The summed E-state index contributed by atoms with van der Waals surface area (Å²) in [6.07, 6.45) is 1.10. The van der Waals surface area contributed by atoms with Crippen molar-refractivity contribution in [1.29, 1.82) is 0 Å². The van der Waals surface area contributed by atoms with Crippen molar-refractivity contribution >= 4 is 15.8 Å². The molecule has 2 aromatic rings. The number of carbonyl (C=O) groups is 1. The van der Waals surface area contributed by atoms with Gasteiger partial charge in [0.1, 0.15) is 5.75 Å². The quantitative estimate of drug-likeness (QED) is 0.915. The summed E-state index contributed by atoms with van der Waals surface area (Å²) < 4.78 is 28.0. The Balaban J connectivity index is 2.28. The molecule has 0 bridgehead atoms. The number of carboxylic acids is 1. The zero-order valence-electron chi connectivity index (χ0n) is 11.3. The first-order chi connectivity index (χ1) is 9.75. The monoisotopic (exact) mass is 308 g/mol. The molecule has 7 nitrogen and oxygen atoms in total. The van der Waals surface area contributed by atoms with Crippen molar-refractivity contribution in [3.63, 3.8) is 0 Å². The number of aryl methyl sites for hydroxylation is 1. The van der Waals surface area contributed by atoms with Gasteiger partial charge in [-0.15, -0.1) is 0 Å². The second-order valence-corrected chi connectivity index (χ2v) is 6.34. The Labute approximate surface area is 121 Å². The largest absolute Gasteiger partial charge is 0.477 e. The maximum absolute atomic E-state index is 11.3. The van der Waals surface area contributed by atoms with Gasteiger partial charge >= 0.3 is 12.0 Å². The second kappa shape index (κ2) is 5.49. The van der Waals surface area contributed by atoms with Gasteiger partial charge in [-0.2, -0.15) is 4.98 Å². The van der Waals surface area contributed by atoms with Crippen LogP contribution < -0.4 is 4.74 Å². The zero-order valence-corrected chi connectivity index (χ0v) is 12.1. The summed E-state index contributed by atoms with van der Waals surface area (Å²) in [5.74, 6) is -0.873. The fraction of sp³-hybridized carbons (Fsp3) is 0.154. The molecular weight excluding hydrogens is 296 g/mol. The number of sulfone groups is 1. The van der Waals surface area contributed by atoms with Gasteiger partial charge in [-0.3, -0.25) is 0 Å². The molecule has 0 aliphatic heterocycles. The summed E-state index contributed by atoms with van der Waals surface area (Å²) in [6.45, 7) is 1.62. The van der Waals surface area contributed by atoms with E-state index in [1.165, 1.54) is 30.3 Å². The first-order valence-electron chi connectivity index (χ1n) is 5.82. The van der Waals surface area contributed by atoms with Gasteiger partial charge in [-0.05, 0) is 37.3 Å². The van der Waals surface area contributed by atoms with Crippen molar-refractivity contribution in [3.8, 4) is 11.8 Å². The summed E-state index contributed by atoms with van der Waals surface area (Å²) in [6, 6.07) is 6.88. The highest BCUT2D eigenvalue weighted by Gasteiger charge is 2.11. The fourth-order valence-corrected chi connectivity index (χ4v) is 2.19. The molecule has 0 atom stereocenters. The van der Waals surface area contributed by atoms with E-state index in [0.29, 0.717) is 11.4 Å². The summed E-state index contributed by atoms with van der Waals surface area (Å²) in [5, 5.41) is 8.91. The fourth-order valence-electron chi connectivity index (χ4n) is 1.56. The summed E-state index contributed by atoms with van der Waals surface area (Å²) in [4.78, 5) is 18.8. The van der Waals surface area contributed by atoms with Gasteiger partial charge in [0.15, 0.2) is 15.5 Å². The summed E-state index contributed by atoms with van der Waals surface area (Å²) in [7, 11) is -3.28. The Kier molecular flexibility index (Phi) is 3.90. The van der Waals surface area contributed by atoms with Crippen molar-refractivity contribution in [2.75, 3.05) is 6.26 Å². The van der Waals surface area contributed by atoms with Gasteiger partial charge in [0.25, 0.3) is 0 Å². The number of benzene rings is 1. The van der Waals surface area contributed by atoms with Gasteiger partial charge in [-0.25, -0.2) is 18.2 Å². The third kappa shape index (κ3) is 3.76. The van der Waals surface area contributed by atoms with Crippen LogP contribution in [0.2, 0.25) is 0 Å². The van der Waals surface area contributed by atoms with Crippen LogP contribution in [0, 0.1) is 6.92 Å². The van der Waals surface area contributed by atoms with Crippen LogP contribution in [-0.4, -0.2) is 35.7 Å². The smallest absolute Gasteiger partial charge is 0.354 e. The molecule has 1 N–H and O–H groups in total. The molecular formula is C13H12N2O5S. The number of rotatable bonds is 4. The van der Waals surface area contributed by atoms with Crippen molar-refractivity contribution in [1.82, 2.24) is 9.97 Å². The van der Waals surface area contributed by atoms with E-state index in [9.17, 15) is 13.2 Å². The maximum atomic E-state index is 11.3. The molecule has 21 heavy (non-hydrogen) atoms. The van der Waals surface area contributed by atoms with E-state index in [-0.39, 0.29) is 16.6 Å². The molecule has 0 saturated carbocycles. The molecule has 0 amide bonds. The number of hydrogen-bond donors (Lipinski definition) is 1. The Morgan fingerprint density at radius 1 is 1.19 bits per heavy atom. The van der Waals surface area contributed by atoms with E-state index in [1.807, 2.05) is 0 Å². The molecule has 0 spiro atoms. The lowest BCUT2D eigenvalue weighted by molar-refractivity contribution is 0.0689. The second-order valence-electron chi connectivity index (χ2n) is 4.33. The predicted molar refractivity (Wildman–Crippen MR) is 73.4 cm³/mol. The average molecular weight is 308 g/mol. The zero-order chi connectivity index (χ0) is 15.6.